The Bertz CT molecular complexity index is 957. The van der Waals surface area contributed by atoms with Gasteiger partial charge in [0.1, 0.15) is 12.4 Å². The average Bonchev–Trinajstić information content (AvgIpc) is 3.20. The Kier molecular flexibility index (Phi) is 12.3. The lowest BCUT2D eigenvalue weighted by Gasteiger charge is -2.47. The number of likely N-dealkylation sites (tertiary alicyclic amines) is 1. The first-order valence-electron chi connectivity index (χ1n) is 14.7. The SMILES string of the molecule is CCOP(=O)(OCC)C(N(OC[C@@H]1CN(C(=O)OCc2ccccc2)C[C@@H]1CC(C)(C)C)C(C)(C)C)C(C)(C)C. The molecule has 0 bridgehead atoms. The van der Waals surface area contributed by atoms with E-state index in [0.29, 0.717) is 19.7 Å². The smallest absolute Gasteiger partial charge is 0.410 e. The fourth-order valence-corrected chi connectivity index (χ4v) is 8.10. The van der Waals surface area contributed by atoms with Crippen LogP contribution in [0.1, 0.15) is 88.1 Å². The number of hydrogen-bond donors (Lipinski definition) is 0. The van der Waals surface area contributed by atoms with Crippen LogP contribution in [0.5, 0.6) is 0 Å². The summed E-state index contributed by atoms with van der Waals surface area (Å²) in [6, 6.07) is 9.72. The molecule has 1 heterocycles. The first-order chi connectivity index (χ1) is 18.4. The molecule has 1 aromatic rings. The van der Waals surface area contributed by atoms with Gasteiger partial charge in [-0.2, -0.15) is 5.06 Å². The Morgan fingerprint density at radius 3 is 1.98 bits per heavy atom. The fourth-order valence-electron chi connectivity index (χ4n) is 5.41. The molecule has 8 nitrogen and oxygen atoms in total. The molecule has 1 aromatic carbocycles. The van der Waals surface area contributed by atoms with Crippen molar-refractivity contribution in [3.8, 4) is 0 Å². The molecule has 40 heavy (non-hydrogen) atoms. The van der Waals surface area contributed by atoms with Crippen LogP contribution in [0.4, 0.5) is 4.79 Å². The number of rotatable bonds is 12. The van der Waals surface area contributed by atoms with Gasteiger partial charge in [0.15, 0.2) is 0 Å². The lowest BCUT2D eigenvalue weighted by atomic mass is 9.80. The van der Waals surface area contributed by atoms with Crippen molar-refractivity contribution in [1.82, 2.24) is 9.96 Å². The first kappa shape index (κ1) is 34.8. The van der Waals surface area contributed by atoms with E-state index in [1.54, 1.807) is 4.90 Å². The zero-order valence-electron chi connectivity index (χ0n) is 26.9. The molecule has 9 heteroatoms. The second-order valence-corrected chi connectivity index (χ2v) is 16.2. The highest BCUT2D eigenvalue weighted by molar-refractivity contribution is 7.54. The van der Waals surface area contributed by atoms with Crippen molar-refractivity contribution in [3.05, 3.63) is 35.9 Å². The van der Waals surface area contributed by atoms with Crippen LogP contribution in [0.2, 0.25) is 0 Å². The van der Waals surface area contributed by atoms with E-state index >= 15 is 0 Å². The number of nitrogens with zero attached hydrogens (tertiary/aromatic N) is 2. The molecular formula is C31H55N2O6P. The maximum absolute atomic E-state index is 14.2. The minimum Gasteiger partial charge on any atom is -0.445 e. The van der Waals surface area contributed by atoms with E-state index in [0.717, 1.165) is 12.0 Å². The Morgan fingerprint density at radius 1 is 0.950 bits per heavy atom. The molecule has 1 fully saturated rings. The Hall–Kier alpha value is -1.44. The normalized spacial score (nSPS) is 19.8. The zero-order chi connectivity index (χ0) is 30.4. The predicted molar refractivity (Wildman–Crippen MR) is 161 cm³/mol. The summed E-state index contributed by atoms with van der Waals surface area (Å²) in [5.74, 6) is -0.299. The van der Waals surface area contributed by atoms with E-state index < -0.39 is 24.3 Å². The third-order valence-corrected chi connectivity index (χ3v) is 9.74. The van der Waals surface area contributed by atoms with E-state index in [2.05, 4.69) is 20.8 Å². The van der Waals surface area contributed by atoms with Gasteiger partial charge >= 0.3 is 13.7 Å². The topological polar surface area (TPSA) is 77.5 Å². The van der Waals surface area contributed by atoms with Crippen molar-refractivity contribution in [2.45, 2.75) is 101 Å². The van der Waals surface area contributed by atoms with Crippen molar-refractivity contribution >= 4 is 13.7 Å². The number of hydrogen-bond acceptors (Lipinski definition) is 7. The van der Waals surface area contributed by atoms with E-state index in [4.69, 9.17) is 18.6 Å². The second-order valence-electron chi connectivity index (χ2n) is 14.1. The van der Waals surface area contributed by atoms with Crippen molar-refractivity contribution in [2.75, 3.05) is 32.9 Å². The molecule has 1 saturated heterocycles. The molecule has 2 rings (SSSR count). The molecule has 0 saturated carbocycles. The fraction of sp³-hybridized carbons (Fsp3) is 0.774. The molecule has 0 spiro atoms. The van der Waals surface area contributed by atoms with Crippen LogP contribution in [0, 0.1) is 22.7 Å². The molecule has 0 N–H and O–H groups in total. The number of ether oxygens (including phenoxy) is 1. The number of carbonyl (C=O) groups excluding carboxylic acids is 1. The molecule has 0 aliphatic carbocycles. The average molecular weight is 583 g/mol. The van der Waals surface area contributed by atoms with Gasteiger partial charge in [-0.15, -0.1) is 0 Å². The van der Waals surface area contributed by atoms with Crippen molar-refractivity contribution in [3.63, 3.8) is 0 Å². The predicted octanol–water partition coefficient (Wildman–Crippen LogP) is 7.98. The number of carbonyl (C=O) groups is 1. The van der Waals surface area contributed by atoms with Crippen LogP contribution in [0.3, 0.4) is 0 Å². The van der Waals surface area contributed by atoms with Crippen LogP contribution in [0.15, 0.2) is 30.3 Å². The number of benzene rings is 1. The third-order valence-electron chi connectivity index (χ3n) is 6.92. The highest BCUT2D eigenvalue weighted by Crippen LogP contribution is 2.60. The largest absolute Gasteiger partial charge is 0.445 e. The van der Waals surface area contributed by atoms with Crippen LogP contribution in [-0.2, 0) is 29.8 Å². The van der Waals surface area contributed by atoms with Gasteiger partial charge in [-0.05, 0) is 63.4 Å². The molecule has 1 aliphatic heterocycles. The van der Waals surface area contributed by atoms with Gasteiger partial charge in [0.25, 0.3) is 0 Å². The maximum atomic E-state index is 14.2. The van der Waals surface area contributed by atoms with Gasteiger partial charge in [0.2, 0.25) is 0 Å². The summed E-state index contributed by atoms with van der Waals surface area (Å²) in [6.07, 6.45) is 0.639. The highest BCUT2D eigenvalue weighted by Gasteiger charge is 2.51. The summed E-state index contributed by atoms with van der Waals surface area (Å²) in [7, 11) is -3.56. The van der Waals surface area contributed by atoms with Gasteiger partial charge in [-0.1, -0.05) is 71.9 Å². The molecular weight excluding hydrogens is 527 g/mol. The van der Waals surface area contributed by atoms with E-state index in [-0.39, 0.29) is 43.2 Å². The molecule has 0 radical (unpaired) electrons. The minimum absolute atomic E-state index is 0.0875. The van der Waals surface area contributed by atoms with E-state index in [1.807, 2.05) is 90.8 Å². The quantitative estimate of drug-likeness (QED) is 0.183. The maximum Gasteiger partial charge on any atom is 0.410 e. The molecule has 1 amide bonds. The molecule has 1 unspecified atom stereocenters. The minimum atomic E-state index is -3.56. The van der Waals surface area contributed by atoms with Crippen LogP contribution in [0.25, 0.3) is 0 Å². The van der Waals surface area contributed by atoms with E-state index in [9.17, 15) is 9.36 Å². The number of amides is 1. The second kappa shape index (κ2) is 14.2. The van der Waals surface area contributed by atoms with Gasteiger partial charge in [0, 0.05) is 24.5 Å². The zero-order valence-corrected chi connectivity index (χ0v) is 27.8. The molecule has 230 valence electrons. The van der Waals surface area contributed by atoms with Crippen LogP contribution in [-0.4, -0.2) is 60.3 Å². The standard InChI is InChI=1S/C31H55N2O6P/c1-12-38-40(35,39-13-2)27(30(6,7)8)33(31(9,10)11)37-23-26-21-32(20-25(26)19-29(3,4)5)28(34)36-22-24-17-15-14-16-18-24/h14-18,25-27H,12-13,19-23H2,1-11H3/t25-,26-,27?/m0/s1. The van der Waals surface area contributed by atoms with Crippen LogP contribution >= 0.6 is 7.60 Å². The lowest BCUT2D eigenvalue weighted by Crippen LogP contribution is -2.54. The monoisotopic (exact) mass is 582 g/mol. The number of hydroxylamine groups is 2. The molecule has 1 aliphatic rings. The highest BCUT2D eigenvalue weighted by atomic mass is 31.2. The van der Waals surface area contributed by atoms with Gasteiger partial charge in [-0.3, -0.25) is 9.40 Å². The first-order valence-corrected chi connectivity index (χ1v) is 16.3. The summed E-state index contributed by atoms with van der Waals surface area (Å²) in [5.41, 5.74) is 0.0857. The van der Waals surface area contributed by atoms with Crippen molar-refractivity contribution in [1.29, 1.82) is 0 Å². The summed E-state index contributed by atoms with van der Waals surface area (Å²) in [4.78, 5) is 21.5. The van der Waals surface area contributed by atoms with Gasteiger partial charge in [0.05, 0.1) is 19.8 Å². The van der Waals surface area contributed by atoms with Crippen molar-refractivity contribution in [2.24, 2.45) is 22.7 Å². The third kappa shape index (κ3) is 10.1. The lowest BCUT2D eigenvalue weighted by molar-refractivity contribution is -0.245. The Balaban J connectivity index is 2.28. The van der Waals surface area contributed by atoms with E-state index in [1.165, 1.54) is 0 Å². The Morgan fingerprint density at radius 2 is 1.50 bits per heavy atom. The van der Waals surface area contributed by atoms with Crippen molar-refractivity contribution < 1.29 is 28.0 Å². The summed E-state index contributed by atoms with van der Waals surface area (Å²) in [5, 5.41) is 1.84. The summed E-state index contributed by atoms with van der Waals surface area (Å²) < 4.78 is 31.6. The summed E-state index contributed by atoms with van der Waals surface area (Å²) >= 11 is 0. The molecule has 3 atom stereocenters. The van der Waals surface area contributed by atoms with Gasteiger partial charge < -0.3 is 18.7 Å². The Labute approximate surface area is 243 Å². The molecule has 0 aromatic heterocycles. The summed E-state index contributed by atoms with van der Waals surface area (Å²) in [6.45, 7) is 24.9. The van der Waals surface area contributed by atoms with Gasteiger partial charge in [-0.25, -0.2) is 4.79 Å². The van der Waals surface area contributed by atoms with Crippen LogP contribution < -0.4 is 0 Å².